The van der Waals surface area contributed by atoms with Crippen molar-refractivity contribution in [3.05, 3.63) is 71.0 Å². The zero-order chi connectivity index (χ0) is 24.0. The third-order valence-corrected chi connectivity index (χ3v) is 7.00. The van der Waals surface area contributed by atoms with Crippen molar-refractivity contribution in [2.24, 2.45) is 0 Å². The van der Waals surface area contributed by atoms with Crippen molar-refractivity contribution in [3.63, 3.8) is 0 Å². The van der Waals surface area contributed by atoms with Gasteiger partial charge in [0.05, 0.1) is 31.4 Å². The fourth-order valence-corrected chi connectivity index (χ4v) is 5.39. The first-order valence-corrected chi connectivity index (χ1v) is 11.3. The maximum Gasteiger partial charge on any atom is 0.337 e. The molecule has 1 spiro atoms. The summed E-state index contributed by atoms with van der Waals surface area (Å²) in [6.07, 6.45) is -0.384. The largest absolute Gasteiger partial charge is 0.465 e. The van der Waals surface area contributed by atoms with Crippen molar-refractivity contribution in [2.75, 3.05) is 26.7 Å². The van der Waals surface area contributed by atoms with Crippen LogP contribution in [0.15, 0.2) is 48.5 Å². The molecule has 3 saturated heterocycles. The highest BCUT2D eigenvalue weighted by atomic mass is 19.1. The Labute approximate surface area is 196 Å². The molecule has 34 heavy (non-hydrogen) atoms. The normalized spacial score (nSPS) is 24.3. The molecule has 0 radical (unpaired) electrons. The van der Waals surface area contributed by atoms with Crippen molar-refractivity contribution < 1.29 is 28.6 Å². The van der Waals surface area contributed by atoms with Crippen molar-refractivity contribution in [1.29, 1.82) is 0 Å². The lowest BCUT2D eigenvalue weighted by molar-refractivity contribution is -0.181. The fraction of sp³-hybridized carbons (Fsp3) is 0.400. The number of likely N-dealkylation sites (tertiary alicyclic amines) is 1. The molecular formula is C25H26FN3O5. The summed E-state index contributed by atoms with van der Waals surface area (Å²) in [5, 5.41) is 10.3. The summed E-state index contributed by atoms with van der Waals surface area (Å²) in [7, 11) is 1.30. The number of ether oxygens (including phenoxy) is 1. The molecule has 5 rings (SSSR count). The van der Waals surface area contributed by atoms with E-state index in [1.54, 1.807) is 30.3 Å². The molecule has 9 heteroatoms. The number of fused-ring (bicyclic) bond motifs is 2. The van der Waals surface area contributed by atoms with Crippen LogP contribution in [0.5, 0.6) is 0 Å². The topological polar surface area (TPSA) is 90.4 Å². The number of carbonyl (C=O) groups excluding carboxylic acids is 3. The first-order chi connectivity index (χ1) is 16.3. The van der Waals surface area contributed by atoms with Gasteiger partial charge in [-0.1, -0.05) is 24.3 Å². The minimum absolute atomic E-state index is 0.0885. The van der Waals surface area contributed by atoms with Crippen LogP contribution in [0.1, 0.15) is 27.9 Å². The molecule has 8 nitrogen and oxygen atoms in total. The molecule has 0 bridgehead atoms. The Bertz CT molecular complexity index is 1130. The van der Waals surface area contributed by atoms with E-state index in [1.807, 2.05) is 15.9 Å². The maximum atomic E-state index is 13.7. The second-order valence-electron chi connectivity index (χ2n) is 9.28. The van der Waals surface area contributed by atoms with Crippen molar-refractivity contribution >= 4 is 17.8 Å². The molecule has 178 valence electrons. The smallest absolute Gasteiger partial charge is 0.337 e. The number of β-amino-alcohol motifs (C(OH)–C–C–N with tert-alkyl or cyclic N) is 1. The van der Waals surface area contributed by atoms with E-state index in [-0.39, 0.29) is 37.1 Å². The minimum Gasteiger partial charge on any atom is -0.465 e. The number of hydrogen-bond acceptors (Lipinski definition) is 7. The van der Waals surface area contributed by atoms with Gasteiger partial charge in [0.15, 0.2) is 0 Å². The van der Waals surface area contributed by atoms with Crippen LogP contribution in [0.4, 0.5) is 4.39 Å². The predicted octanol–water partition coefficient (Wildman–Crippen LogP) is 1.17. The Morgan fingerprint density at radius 3 is 2.53 bits per heavy atom. The Morgan fingerprint density at radius 1 is 1.12 bits per heavy atom. The highest BCUT2D eigenvalue weighted by molar-refractivity contribution is 6.06. The van der Waals surface area contributed by atoms with Crippen molar-refractivity contribution in [3.8, 4) is 0 Å². The third-order valence-electron chi connectivity index (χ3n) is 7.00. The molecule has 0 aliphatic carbocycles. The molecule has 2 aromatic rings. The number of rotatable bonds is 5. The highest BCUT2D eigenvalue weighted by Gasteiger charge is 2.64. The molecule has 2 unspecified atom stereocenters. The van der Waals surface area contributed by atoms with Gasteiger partial charge in [-0.15, -0.1) is 0 Å². The number of amides is 2. The molecule has 0 aromatic heterocycles. The summed E-state index contributed by atoms with van der Waals surface area (Å²) in [5.74, 6) is -1.36. The van der Waals surface area contributed by atoms with Crippen LogP contribution in [0, 0.1) is 5.82 Å². The molecule has 2 amide bonds. The Balaban J connectivity index is 1.36. The highest BCUT2D eigenvalue weighted by Crippen LogP contribution is 2.41. The number of methoxy groups -OCH3 is 1. The van der Waals surface area contributed by atoms with Crippen LogP contribution in [0.2, 0.25) is 0 Å². The number of nitrogens with zero attached hydrogens (tertiary/aromatic N) is 3. The van der Waals surface area contributed by atoms with Gasteiger partial charge < -0.3 is 9.84 Å². The molecule has 3 fully saturated rings. The third kappa shape index (κ3) is 3.79. The Hall–Kier alpha value is -3.14. The number of halogens is 1. The molecule has 3 aliphatic rings. The molecule has 3 aliphatic heterocycles. The van der Waals surface area contributed by atoms with Crippen LogP contribution in [-0.2, 0) is 27.4 Å². The van der Waals surface area contributed by atoms with Crippen LogP contribution in [-0.4, -0.2) is 82.0 Å². The standard InChI is InChI=1S/C25H26FN3O5/c1-34-23(32)18-7-5-16(6-8-18)12-28-22(31)21-10-20(30)13-29(21)25(24(28)33)14-27(15-25)11-17-3-2-4-19(26)9-17/h2-9,20-21,30H,10-15H2,1H3. The van der Waals surface area contributed by atoms with Gasteiger partial charge in [0.1, 0.15) is 11.4 Å². The van der Waals surface area contributed by atoms with Gasteiger partial charge in [-0.2, -0.15) is 0 Å². The lowest BCUT2D eigenvalue weighted by atomic mass is 9.82. The van der Waals surface area contributed by atoms with E-state index in [0.717, 1.165) is 5.56 Å². The number of imide groups is 1. The second kappa shape index (κ2) is 8.57. The van der Waals surface area contributed by atoms with E-state index >= 15 is 0 Å². The summed E-state index contributed by atoms with van der Waals surface area (Å²) in [4.78, 5) is 43.8. The second-order valence-corrected chi connectivity index (χ2v) is 9.28. The zero-order valence-electron chi connectivity index (χ0n) is 18.8. The van der Waals surface area contributed by atoms with E-state index in [0.29, 0.717) is 30.8 Å². The molecule has 1 N–H and O–H groups in total. The van der Waals surface area contributed by atoms with Crippen LogP contribution in [0.3, 0.4) is 0 Å². The zero-order valence-corrected chi connectivity index (χ0v) is 18.8. The van der Waals surface area contributed by atoms with Gasteiger partial charge in [0.25, 0.3) is 5.91 Å². The number of carbonyl (C=O) groups is 3. The summed E-state index contributed by atoms with van der Waals surface area (Å²) in [6, 6.07) is 12.4. The SMILES string of the molecule is COC(=O)c1ccc(CN2C(=O)C3CC(O)CN3C3(CN(Cc4cccc(F)c4)C3)C2=O)cc1. The molecule has 3 heterocycles. The first kappa shape index (κ1) is 22.6. The van der Waals surface area contributed by atoms with Gasteiger partial charge in [0.2, 0.25) is 5.91 Å². The van der Waals surface area contributed by atoms with E-state index in [1.165, 1.54) is 24.1 Å². The first-order valence-electron chi connectivity index (χ1n) is 11.3. The Kier molecular flexibility index (Phi) is 5.71. The maximum absolute atomic E-state index is 13.7. The van der Waals surface area contributed by atoms with E-state index < -0.39 is 23.7 Å². The van der Waals surface area contributed by atoms with E-state index in [2.05, 4.69) is 0 Å². The number of piperazine rings is 1. The number of aliphatic hydroxyl groups excluding tert-OH is 1. The van der Waals surface area contributed by atoms with Crippen LogP contribution >= 0.6 is 0 Å². The number of aliphatic hydroxyl groups is 1. The summed E-state index contributed by atoms with van der Waals surface area (Å²) < 4.78 is 18.3. The van der Waals surface area contributed by atoms with E-state index in [9.17, 15) is 23.9 Å². The molecular weight excluding hydrogens is 441 g/mol. The molecule has 0 saturated carbocycles. The summed E-state index contributed by atoms with van der Waals surface area (Å²) in [6.45, 7) is 1.66. The molecule has 2 aromatic carbocycles. The monoisotopic (exact) mass is 467 g/mol. The average molecular weight is 467 g/mol. The average Bonchev–Trinajstić information content (AvgIpc) is 3.20. The van der Waals surface area contributed by atoms with Gasteiger partial charge in [-0.05, 0) is 41.8 Å². The van der Waals surface area contributed by atoms with Crippen molar-refractivity contribution in [2.45, 2.75) is 37.2 Å². The minimum atomic E-state index is -0.894. The van der Waals surface area contributed by atoms with Gasteiger partial charge in [-0.25, -0.2) is 9.18 Å². The summed E-state index contributed by atoms with van der Waals surface area (Å²) in [5.41, 5.74) is 1.02. The van der Waals surface area contributed by atoms with E-state index in [4.69, 9.17) is 4.74 Å². The van der Waals surface area contributed by atoms with Crippen molar-refractivity contribution in [1.82, 2.24) is 14.7 Å². The molecule has 2 atom stereocenters. The Morgan fingerprint density at radius 2 is 1.85 bits per heavy atom. The number of hydrogen-bond donors (Lipinski definition) is 1. The fourth-order valence-electron chi connectivity index (χ4n) is 5.39. The van der Waals surface area contributed by atoms with Gasteiger partial charge >= 0.3 is 5.97 Å². The lowest BCUT2D eigenvalue weighted by Gasteiger charge is -2.58. The predicted molar refractivity (Wildman–Crippen MR) is 119 cm³/mol. The number of esters is 1. The quantitative estimate of drug-likeness (QED) is 0.522. The number of benzene rings is 2. The van der Waals surface area contributed by atoms with Crippen LogP contribution < -0.4 is 0 Å². The summed E-state index contributed by atoms with van der Waals surface area (Å²) >= 11 is 0. The van der Waals surface area contributed by atoms with Gasteiger partial charge in [-0.3, -0.25) is 24.3 Å². The lowest BCUT2D eigenvalue weighted by Crippen LogP contribution is -2.81. The van der Waals surface area contributed by atoms with Crippen LogP contribution in [0.25, 0.3) is 0 Å². The van der Waals surface area contributed by atoms with Gasteiger partial charge in [0, 0.05) is 26.2 Å².